The summed E-state index contributed by atoms with van der Waals surface area (Å²) in [4.78, 5) is 0. The van der Waals surface area contributed by atoms with Crippen LogP contribution in [0.15, 0.2) is 18.2 Å². The first-order valence-corrected chi connectivity index (χ1v) is 6.17. The normalized spacial score (nSPS) is 16.4. The standard InChI is InChI=1S/C13H13N3O3/c14-13-9-6-17-4-3-10(9)16(15-13)8-1-2-11-12(5-8)19-7-18-11/h1-2,5H,3-4,6-7H2,(H2,14,15). The molecule has 0 saturated heterocycles. The van der Waals surface area contributed by atoms with Crippen molar-refractivity contribution in [3.05, 3.63) is 29.5 Å². The van der Waals surface area contributed by atoms with Crippen LogP contribution in [-0.2, 0) is 17.8 Å². The van der Waals surface area contributed by atoms with Crippen LogP contribution in [0.4, 0.5) is 5.82 Å². The van der Waals surface area contributed by atoms with Gasteiger partial charge in [0.25, 0.3) is 0 Å². The molecule has 6 nitrogen and oxygen atoms in total. The van der Waals surface area contributed by atoms with Crippen LogP contribution in [0.25, 0.3) is 5.69 Å². The predicted molar refractivity (Wildman–Crippen MR) is 67.5 cm³/mol. The molecule has 0 unspecified atom stereocenters. The van der Waals surface area contributed by atoms with E-state index in [4.69, 9.17) is 19.9 Å². The molecule has 0 aliphatic carbocycles. The summed E-state index contributed by atoms with van der Waals surface area (Å²) in [5.74, 6) is 2.04. The van der Waals surface area contributed by atoms with Gasteiger partial charge in [0.05, 0.1) is 24.6 Å². The molecule has 1 aromatic carbocycles. The molecule has 0 atom stereocenters. The lowest BCUT2D eigenvalue weighted by atomic mass is 10.1. The first-order valence-electron chi connectivity index (χ1n) is 6.17. The van der Waals surface area contributed by atoms with Gasteiger partial charge in [-0.1, -0.05) is 0 Å². The maximum Gasteiger partial charge on any atom is 0.231 e. The maximum absolute atomic E-state index is 5.94. The average molecular weight is 259 g/mol. The topological polar surface area (TPSA) is 71.5 Å². The summed E-state index contributed by atoms with van der Waals surface area (Å²) in [6.45, 7) is 1.50. The van der Waals surface area contributed by atoms with E-state index in [2.05, 4.69) is 5.10 Å². The molecule has 1 aromatic heterocycles. The van der Waals surface area contributed by atoms with Gasteiger partial charge in [0, 0.05) is 18.1 Å². The molecule has 6 heteroatoms. The molecule has 0 spiro atoms. The van der Waals surface area contributed by atoms with Gasteiger partial charge < -0.3 is 19.9 Å². The number of benzene rings is 1. The molecular formula is C13H13N3O3. The highest BCUT2D eigenvalue weighted by molar-refractivity contribution is 5.53. The smallest absolute Gasteiger partial charge is 0.231 e. The Morgan fingerprint density at radius 3 is 3.05 bits per heavy atom. The largest absolute Gasteiger partial charge is 0.454 e. The van der Waals surface area contributed by atoms with Gasteiger partial charge in [-0.05, 0) is 12.1 Å². The van der Waals surface area contributed by atoms with Crippen LogP contribution < -0.4 is 15.2 Å². The van der Waals surface area contributed by atoms with Crippen LogP contribution in [0.1, 0.15) is 11.3 Å². The van der Waals surface area contributed by atoms with Crippen LogP contribution >= 0.6 is 0 Å². The minimum Gasteiger partial charge on any atom is -0.454 e. The van der Waals surface area contributed by atoms with E-state index in [-0.39, 0.29) is 6.79 Å². The van der Waals surface area contributed by atoms with Gasteiger partial charge >= 0.3 is 0 Å². The molecule has 0 bridgehead atoms. The summed E-state index contributed by atoms with van der Waals surface area (Å²) in [6.07, 6.45) is 0.813. The molecule has 0 radical (unpaired) electrons. The minimum absolute atomic E-state index is 0.270. The van der Waals surface area contributed by atoms with E-state index in [9.17, 15) is 0 Å². The Kier molecular flexibility index (Phi) is 2.19. The zero-order valence-corrected chi connectivity index (χ0v) is 10.3. The number of nitrogen functional groups attached to an aromatic ring is 1. The van der Waals surface area contributed by atoms with E-state index in [0.29, 0.717) is 19.0 Å². The molecule has 2 N–H and O–H groups in total. The summed E-state index contributed by atoms with van der Waals surface area (Å²) in [5, 5.41) is 4.41. The fraction of sp³-hybridized carbons (Fsp3) is 0.308. The molecule has 0 amide bonds. The van der Waals surface area contributed by atoms with Crippen LogP contribution in [0, 0.1) is 0 Å². The highest BCUT2D eigenvalue weighted by atomic mass is 16.7. The van der Waals surface area contributed by atoms with Gasteiger partial charge in [0.2, 0.25) is 6.79 Å². The summed E-state index contributed by atoms with van der Waals surface area (Å²) >= 11 is 0. The molecule has 2 aliphatic rings. The number of hydrogen-bond acceptors (Lipinski definition) is 5. The zero-order valence-electron chi connectivity index (χ0n) is 10.3. The average Bonchev–Trinajstić information content (AvgIpc) is 3.03. The lowest BCUT2D eigenvalue weighted by Crippen LogP contribution is -2.13. The Labute approximate surface area is 109 Å². The van der Waals surface area contributed by atoms with Crippen molar-refractivity contribution >= 4 is 5.82 Å². The Bertz CT molecular complexity index is 651. The SMILES string of the molecule is Nc1nn(-c2ccc3c(c2)OCO3)c2c1COCC2. The summed E-state index contributed by atoms with van der Waals surface area (Å²) < 4.78 is 18.0. The second-order valence-corrected chi connectivity index (χ2v) is 4.56. The number of anilines is 1. The van der Waals surface area contributed by atoms with Crippen molar-refractivity contribution in [3.8, 4) is 17.2 Å². The molecule has 19 heavy (non-hydrogen) atoms. The second kappa shape index (κ2) is 3.89. The van der Waals surface area contributed by atoms with E-state index in [0.717, 1.165) is 34.9 Å². The fourth-order valence-electron chi connectivity index (χ4n) is 2.49. The fourth-order valence-corrected chi connectivity index (χ4v) is 2.49. The third-order valence-electron chi connectivity index (χ3n) is 3.45. The van der Waals surface area contributed by atoms with Gasteiger partial charge in [-0.15, -0.1) is 0 Å². The molecule has 2 aliphatic heterocycles. The van der Waals surface area contributed by atoms with E-state index < -0.39 is 0 Å². The lowest BCUT2D eigenvalue weighted by molar-refractivity contribution is 0.110. The Morgan fingerprint density at radius 2 is 2.11 bits per heavy atom. The molecule has 4 rings (SSSR count). The highest BCUT2D eigenvalue weighted by Crippen LogP contribution is 2.35. The van der Waals surface area contributed by atoms with Crippen molar-refractivity contribution in [1.29, 1.82) is 0 Å². The zero-order chi connectivity index (χ0) is 12.8. The van der Waals surface area contributed by atoms with Gasteiger partial charge in [-0.25, -0.2) is 4.68 Å². The number of fused-ring (bicyclic) bond motifs is 2. The van der Waals surface area contributed by atoms with Crippen molar-refractivity contribution in [2.75, 3.05) is 19.1 Å². The van der Waals surface area contributed by atoms with Crippen molar-refractivity contribution in [1.82, 2.24) is 9.78 Å². The molecule has 0 saturated carbocycles. The van der Waals surface area contributed by atoms with Crippen molar-refractivity contribution in [2.24, 2.45) is 0 Å². The van der Waals surface area contributed by atoms with Crippen LogP contribution in [0.5, 0.6) is 11.5 Å². The summed E-state index contributed by atoms with van der Waals surface area (Å²) in [6, 6.07) is 5.77. The quantitative estimate of drug-likeness (QED) is 0.834. The molecule has 3 heterocycles. The monoisotopic (exact) mass is 259 g/mol. The molecular weight excluding hydrogens is 246 g/mol. The van der Waals surface area contributed by atoms with Gasteiger partial charge in [0.1, 0.15) is 0 Å². The first kappa shape index (κ1) is 10.7. The predicted octanol–water partition coefficient (Wildman–Crippen LogP) is 1.26. The van der Waals surface area contributed by atoms with E-state index in [1.165, 1.54) is 0 Å². The maximum atomic E-state index is 5.94. The Balaban J connectivity index is 1.84. The number of aromatic nitrogens is 2. The molecule has 2 aromatic rings. The number of nitrogens with two attached hydrogens (primary N) is 1. The number of nitrogens with zero attached hydrogens (tertiary/aromatic N) is 2. The van der Waals surface area contributed by atoms with Gasteiger partial charge in [-0.3, -0.25) is 0 Å². The highest BCUT2D eigenvalue weighted by Gasteiger charge is 2.22. The Morgan fingerprint density at radius 1 is 1.21 bits per heavy atom. The van der Waals surface area contributed by atoms with Crippen LogP contribution in [-0.4, -0.2) is 23.2 Å². The van der Waals surface area contributed by atoms with E-state index in [1.54, 1.807) is 0 Å². The van der Waals surface area contributed by atoms with E-state index >= 15 is 0 Å². The minimum atomic E-state index is 0.270. The second-order valence-electron chi connectivity index (χ2n) is 4.56. The summed E-state index contributed by atoms with van der Waals surface area (Å²) in [5.41, 5.74) is 8.98. The summed E-state index contributed by atoms with van der Waals surface area (Å²) in [7, 11) is 0. The van der Waals surface area contributed by atoms with Gasteiger partial charge in [-0.2, -0.15) is 5.10 Å². The molecule has 98 valence electrons. The van der Waals surface area contributed by atoms with Crippen LogP contribution in [0.2, 0.25) is 0 Å². The third kappa shape index (κ3) is 1.57. The number of ether oxygens (including phenoxy) is 3. The number of rotatable bonds is 1. The van der Waals surface area contributed by atoms with E-state index in [1.807, 2.05) is 22.9 Å². The van der Waals surface area contributed by atoms with Crippen molar-refractivity contribution in [2.45, 2.75) is 13.0 Å². The third-order valence-corrected chi connectivity index (χ3v) is 3.45. The van der Waals surface area contributed by atoms with Crippen LogP contribution in [0.3, 0.4) is 0 Å². The molecule has 0 fully saturated rings. The van der Waals surface area contributed by atoms with Crippen molar-refractivity contribution < 1.29 is 14.2 Å². The number of hydrogen-bond donors (Lipinski definition) is 1. The van der Waals surface area contributed by atoms with Crippen molar-refractivity contribution in [3.63, 3.8) is 0 Å². The lowest BCUT2D eigenvalue weighted by Gasteiger charge is -2.14. The first-order chi connectivity index (χ1) is 9.33. The Hall–Kier alpha value is -2.21. The van der Waals surface area contributed by atoms with Gasteiger partial charge in [0.15, 0.2) is 17.3 Å².